The van der Waals surface area contributed by atoms with Gasteiger partial charge in [0.25, 0.3) is 0 Å². The summed E-state index contributed by atoms with van der Waals surface area (Å²) < 4.78 is 5.43. The number of aromatic nitrogens is 4. The Bertz CT molecular complexity index is 864. The Hall–Kier alpha value is -2.19. The van der Waals surface area contributed by atoms with E-state index in [0.717, 1.165) is 22.8 Å². The first-order valence-corrected chi connectivity index (χ1v) is 9.24. The predicted molar refractivity (Wildman–Crippen MR) is 98.6 cm³/mol. The van der Waals surface area contributed by atoms with Crippen molar-refractivity contribution in [3.8, 4) is 0 Å². The average Bonchev–Trinajstić information content (AvgIpc) is 2.97. The van der Waals surface area contributed by atoms with Gasteiger partial charge in [0.05, 0.1) is 11.9 Å². The van der Waals surface area contributed by atoms with E-state index < -0.39 is 0 Å². The van der Waals surface area contributed by atoms with Crippen molar-refractivity contribution < 1.29 is 9.53 Å². The first kappa shape index (κ1) is 17.6. The monoisotopic (exact) mass is 359 g/mol. The highest BCUT2D eigenvalue weighted by Crippen LogP contribution is 2.23. The number of rotatable bonds is 8. The van der Waals surface area contributed by atoms with Crippen molar-refractivity contribution in [2.24, 2.45) is 0 Å². The summed E-state index contributed by atoms with van der Waals surface area (Å²) in [6.07, 6.45) is 1.02. The zero-order valence-corrected chi connectivity index (χ0v) is 15.1. The summed E-state index contributed by atoms with van der Waals surface area (Å²) in [5.74, 6) is 0.216. The molecule has 2 aromatic heterocycles. The van der Waals surface area contributed by atoms with Crippen molar-refractivity contribution >= 4 is 39.7 Å². The van der Waals surface area contributed by atoms with E-state index in [9.17, 15) is 4.79 Å². The molecule has 0 aliphatic heterocycles. The molecule has 2 heterocycles. The molecule has 0 radical (unpaired) electrons. The van der Waals surface area contributed by atoms with Crippen molar-refractivity contribution in [3.63, 3.8) is 0 Å². The lowest BCUT2D eigenvalue weighted by Crippen LogP contribution is -2.27. The van der Waals surface area contributed by atoms with Crippen LogP contribution < -0.4 is 5.32 Å². The number of benzene rings is 1. The molecule has 1 aromatic carbocycles. The molecule has 0 bridgehead atoms. The van der Waals surface area contributed by atoms with Crippen LogP contribution in [-0.4, -0.2) is 51.1 Å². The molecule has 0 aliphatic carbocycles. The van der Waals surface area contributed by atoms with E-state index in [2.05, 4.69) is 25.5 Å². The van der Waals surface area contributed by atoms with Crippen LogP contribution in [0.4, 0.5) is 0 Å². The number of amides is 1. The number of H-pyrrole nitrogens is 1. The minimum absolute atomic E-state index is 0.0464. The predicted octanol–water partition coefficient (Wildman–Crippen LogP) is 2.53. The van der Waals surface area contributed by atoms with Crippen LogP contribution in [0.1, 0.15) is 20.3 Å². The lowest BCUT2D eigenvalue weighted by atomic mass is 10.2. The van der Waals surface area contributed by atoms with Gasteiger partial charge in [-0.2, -0.15) is 0 Å². The molecule has 1 amide bonds. The van der Waals surface area contributed by atoms with Gasteiger partial charge in [-0.15, -0.1) is 10.2 Å². The molecule has 3 aromatic rings. The Morgan fingerprint density at radius 3 is 3.00 bits per heavy atom. The van der Waals surface area contributed by atoms with Gasteiger partial charge in [0, 0.05) is 24.1 Å². The Morgan fingerprint density at radius 2 is 2.16 bits per heavy atom. The molecule has 8 heteroatoms. The van der Waals surface area contributed by atoms with Gasteiger partial charge in [-0.25, -0.2) is 4.98 Å². The van der Waals surface area contributed by atoms with E-state index in [0.29, 0.717) is 24.0 Å². The van der Waals surface area contributed by atoms with Crippen molar-refractivity contribution in [2.75, 3.05) is 18.9 Å². The van der Waals surface area contributed by atoms with Crippen LogP contribution in [0.25, 0.3) is 22.1 Å². The maximum Gasteiger partial charge on any atom is 0.230 e. The van der Waals surface area contributed by atoms with Gasteiger partial charge in [-0.3, -0.25) is 4.79 Å². The molecule has 3 rings (SSSR count). The molecule has 25 heavy (non-hydrogen) atoms. The van der Waals surface area contributed by atoms with Crippen LogP contribution in [0.2, 0.25) is 0 Å². The molecular formula is C17H21N5O2S. The van der Waals surface area contributed by atoms with Gasteiger partial charge in [0.15, 0.2) is 5.65 Å². The van der Waals surface area contributed by atoms with E-state index in [-0.39, 0.29) is 17.8 Å². The van der Waals surface area contributed by atoms with Crippen LogP contribution in [0.5, 0.6) is 0 Å². The normalized spacial score (nSPS) is 11.5. The Kier molecular flexibility index (Phi) is 5.83. The number of hydrogen-bond acceptors (Lipinski definition) is 6. The first-order chi connectivity index (χ1) is 12.1. The van der Waals surface area contributed by atoms with E-state index in [4.69, 9.17) is 4.74 Å². The third-order valence-corrected chi connectivity index (χ3v) is 4.37. The number of para-hydroxylation sites is 1. The smallest absolute Gasteiger partial charge is 0.230 e. The number of carbonyl (C=O) groups is 1. The van der Waals surface area contributed by atoms with Crippen LogP contribution in [0.15, 0.2) is 29.4 Å². The highest BCUT2D eigenvalue weighted by molar-refractivity contribution is 7.99. The third kappa shape index (κ3) is 4.67. The summed E-state index contributed by atoms with van der Waals surface area (Å²) in [4.78, 5) is 19.5. The summed E-state index contributed by atoms with van der Waals surface area (Å²) in [6.45, 7) is 5.24. The van der Waals surface area contributed by atoms with Crippen LogP contribution >= 0.6 is 11.8 Å². The molecule has 2 N–H and O–H groups in total. The minimum atomic E-state index is -0.0464. The highest BCUT2D eigenvalue weighted by atomic mass is 32.2. The number of carbonyl (C=O) groups excluding carboxylic acids is 1. The number of aromatic amines is 1. The summed E-state index contributed by atoms with van der Waals surface area (Å²) in [6, 6.07) is 7.86. The van der Waals surface area contributed by atoms with Crippen molar-refractivity contribution in [1.29, 1.82) is 0 Å². The second kappa shape index (κ2) is 8.26. The van der Waals surface area contributed by atoms with Crippen LogP contribution in [0.3, 0.4) is 0 Å². The quantitative estimate of drug-likeness (QED) is 0.474. The van der Waals surface area contributed by atoms with E-state index in [1.54, 1.807) is 0 Å². The van der Waals surface area contributed by atoms with Crippen LogP contribution in [-0.2, 0) is 9.53 Å². The van der Waals surface area contributed by atoms with Crippen LogP contribution in [0, 0.1) is 0 Å². The summed E-state index contributed by atoms with van der Waals surface area (Å²) in [5.41, 5.74) is 2.40. The molecule has 0 fully saturated rings. The van der Waals surface area contributed by atoms with Gasteiger partial charge >= 0.3 is 0 Å². The molecule has 0 aliphatic rings. The van der Waals surface area contributed by atoms with Gasteiger partial charge in [-0.05, 0) is 26.3 Å². The fourth-order valence-corrected chi connectivity index (χ4v) is 2.98. The van der Waals surface area contributed by atoms with Crippen molar-refractivity contribution in [1.82, 2.24) is 25.5 Å². The molecule has 0 saturated carbocycles. The van der Waals surface area contributed by atoms with Gasteiger partial charge in [-0.1, -0.05) is 30.0 Å². The molecule has 0 unspecified atom stereocenters. The fourth-order valence-electron chi connectivity index (χ4n) is 2.37. The van der Waals surface area contributed by atoms with Gasteiger partial charge in [0.1, 0.15) is 5.52 Å². The molecule has 7 nitrogen and oxygen atoms in total. The minimum Gasteiger partial charge on any atom is -0.379 e. The number of ether oxygens (including phenoxy) is 1. The topological polar surface area (TPSA) is 92.8 Å². The van der Waals surface area contributed by atoms with Crippen molar-refractivity contribution in [2.45, 2.75) is 31.5 Å². The standard InChI is InChI=1S/C17H21N5O2S/c1-11(2)24-9-5-8-18-14(23)10-25-17-20-16-15(21-22-17)12-6-3-4-7-13(12)19-16/h3-4,6-7,11H,5,8-10H2,1-2H3,(H,18,23)(H,19,20,22). The van der Waals surface area contributed by atoms with E-state index in [1.807, 2.05) is 38.1 Å². The summed E-state index contributed by atoms with van der Waals surface area (Å²) in [5, 5.41) is 12.7. The van der Waals surface area contributed by atoms with Gasteiger partial charge < -0.3 is 15.0 Å². The number of hydrogen-bond donors (Lipinski definition) is 2. The largest absolute Gasteiger partial charge is 0.379 e. The highest BCUT2D eigenvalue weighted by Gasteiger charge is 2.10. The summed E-state index contributed by atoms with van der Waals surface area (Å²) in [7, 11) is 0. The third-order valence-electron chi connectivity index (χ3n) is 3.53. The molecule has 0 spiro atoms. The zero-order chi connectivity index (χ0) is 17.6. The SMILES string of the molecule is CC(C)OCCCNC(=O)CSc1nnc2c(n1)[nH]c1ccccc12. The summed E-state index contributed by atoms with van der Waals surface area (Å²) >= 11 is 1.27. The molecule has 0 atom stereocenters. The number of nitrogens with zero attached hydrogens (tertiary/aromatic N) is 3. The van der Waals surface area contributed by atoms with Gasteiger partial charge in [0.2, 0.25) is 11.1 Å². The number of thioether (sulfide) groups is 1. The van der Waals surface area contributed by atoms with E-state index >= 15 is 0 Å². The molecule has 132 valence electrons. The van der Waals surface area contributed by atoms with E-state index in [1.165, 1.54) is 11.8 Å². The molecular weight excluding hydrogens is 338 g/mol. The first-order valence-electron chi connectivity index (χ1n) is 8.25. The average molecular weight is 359 g/mol. The fraction of sp³-hybridized carbons (Fsp3) is 0.412. The Labute approximate surface area is 149 Å². The molecule has 0 saturated heterocycles. The number of nitrogens with one attached hydrogen (secondary N) is 2. The lowest BCUT2D eigenvalue weighted by molar-refractivity contribution is -0.118. The second-order valence-electron chi connectivity index (χ2n) is 5.87. The Balaban J connectivity index is 1.51. The van der Waals surface area contributed by atoms with Crippen molar-refractivity contribution in [3.05, 3.63) is 24.3 Å². The second-order valence-corrected chi connectivity index (χ2v) is 6.82. The zero-order valence-electron chi connectivity index (χ0n) is 14.3. The lowest BCUT2D eigenvalue weighted by Gasteiger charge is -2.07. The Morgan fingerprint density at radius 1 is 1.32 bits per heavy atom. The number of fused-ring (bicyclic) bond motifs is 3. The maximum atomic E-state index is 11.9. The maximum absolute atomic E-state index is 11.9.